The normalized spacial score (nSPS) is 23.7. The predicted molar refractivity (Wildman–Crippen MR) is 159 cm³/mol. The Labute approximate surface area is 305 Å². The van der Waals surface area contributed by atoms with Crippen LogP contribution in [0.25, 0.3) is 0 Å². The average Bonchev–Trinajstić information content (AvgIpc) is 2.69. The first-order chi connectivity index (χ1) is 16.4. The second-order valence-corrected chi connectivity index (χ2v) is 11.8. The van der Waals surface area contributed by atoms with E-state index in [4.69, 9.17) is 0 Å². The molecular formula is C24H64Cl4N4O16. The summed E-state index contributed by atoms with van der Waals surface area (Å²) in [6.45, 7) is 13.1. The Morgan fingerprint density at radius 3 is 0.875 bits per heavy atom. The molecule has 24 heteroatoms. The molecule has 0 saturated carbocycles. The van der Waals surface area contributed by atoms with E-state index in [0.29, 0.717) is 39.0 Å². The van der Waals surface area contributed by atoms with E-state index in [9.17, 15) is 39.6 Å². The molecule has 0 amide bonds. The highest BCUT2D eigenvalue weighted by Crippen LogP contribution is 2.08. The van der Waals surface area contributed by atoms with E-state index in [1.807, 2.05) is 41.5 Å². The van der Waals surface area contributed by atoms with Crippen LogP contribution >= 0.6 is 0 Å². The van der Waals surface area contributed by atoms with Crippen molar-refractivity contribution >= 4 is 23.9 Å². The lowest BCUT2D eigenvalue weighted by Gasteiger charge is -2.41. The van der Waals surface area contributed by atoms with Crippen molar-refractivity contribution in [3.63, 3.8) is 0 Å². The lowest BCUT2D eigenvalue weighted by atomic mass is 9.91. The van der Waals surface area contributed by atoms with E-state index in [-0.39, 0.29) is 132 Å². The van der Waals surface area contributed by atoms with E-state index in [1.54, 1.807) is 0 Å². The number of quaternary nitrogens is 4. The van der Waals surface area contributed by atoms with Gasteiger partial charge in [-0.3, -0.25) is 0 Å². The predicted octanol–water partition coefficient (Wildman–Crippen LogP) is -23.6. The molecule has 0 aliphatic carbocycles. The van der Waals surface area contributed by atoms with Gasteiger partial charge in [0.15, 0.2) is 26.2 Å². The molecule has 0 spiro atoms. The summed E-state index contributed by atoms with van der Waals surface area (Å²) in [4.78, 5) is 50.0. The Balaban J connectivity index is -0.000000108. The quantitative estimate of drug-likeness (QED) is 0.116. The maximum atomic E-state index is 11.7. The molecule has 6 atom stereocenters. The molecule has 0 aromatic heterocycles. The Kier molecular flexibility index (Phi) is 59.7. The second kappa shape index (κ2) is 35.4. The van der Waals surface area contributed by atoms with Crippen LogP contribution in [-0.2, 0) is 19.2 Å². The van der Waals surface area contributed by atoms with Gasteiger partial charge in [-0.15, -0.1) is 0 Å². The third-order valence-electron chi connectivity index (χ3n) is 7.92. The number of aliphatic carboxylic acids is 4. The number of carboxylic acids is 4. The highest BCUT2D eigenvalue weighted by molar-refractivity contribution is 5.68. The van der Waals surface area contributed by atoms with Gasteiger partial charge in [-0.1, -0.05) is 0 Å². The molecule has 24 N–H and O–H groups in total. The van der Waals surface area contributed by atoms with Crippen LogP contribution in [0.4, 0.5) is 0 Å². The first-order valence-electron chi connectivity index (χ1n) is 12.7. The zero-order valence-corrected chi connectivity index (χ0v) is 31.2. The van der Waals surface area contributed by atoms with Crippen LogP contribution in [0, 0.1) is 0 Å². The summed E-state index contributed by atoms with van der Waals surface area (Å²) in [5.41, 5.74) is -1.01. The van der Waals surface area contributed by atoms with Gasteiger partial charge >= 0.3 is 23.9 Å². The van der Waals surface area contributed by atoms with E-state index in [1.165, 1.54) is 0 Å². The Hall–Kier alpha value is -1.44. The molecule has 0 aromatic carbocycles. The fourth-order valence-electron chi connectivity index (χ4n) is 5.83. The summed E-state index contributed by atoms with van der Waals surface area (Å²) in [6, 6.07) is -0.225. The van der Waals surface area contributed by atoms with Crippen LogP contribution in [0.1, 0.15) is 54.4 Å². The molecule has 304 valence electrons. The first-order valence-corrected chi connectivity index (χ1v) is 12.7. The molecule has 0 aromatic rings. The van der Waals surface area contributed by atoms with Gasteiger partial charge in [0.2, 0.25) is 0 Å². The molecule has 4 unspecified atom stereocenters. The summed E-state index contributed by atoms with van der Waals surface area (Å²) < 4.78 is 0. The van der Waals surface area contributed by atoms with Crippen molar-refractivity contribution in [1.29, 1.82) is 0 Å². The lowest BCUT2D eigenvalue weighted by Crippen LogP contribution is -3.29. The Morgan fingerprint density at radius 1 is 0.479 bits per heavy atom. The molecule has 1 aliphatic heterocycles. The molecule has 0 bridgehead atoms. The molecule has 1 aliphatic rings. The van der Waals surface area contributed by atoms with Crippen molar-refractivity contribution in [2.75, 3.05) is 52.4 Å². The van der Waals surface area contributed by atoms with Crippen LogP contribution < -0.4 is 69.2 Å². The van der Waals surface area contributed by atoms with Crippen LogP contribution in [0.2, 0.25) is 0 Å². The fraction of sp³-hybridized carbons (Fsp3) is 0.833. The number of carbonyl (C=O) groups is 4. The number of hydrogen-bond donors (Lipinski definition) is 8. The summed E-state index contributed by atoms with van der Waals surface area (Å²) in [6.07, 6.45) is 1.11. The lowest BCUT2D eigenvalue weighted by molar-refractivity contribution is -1.01. The van der Waals surface area contributed by atoms with Crippen LogP contribution in [0.15, 0.2) is 0 Å². The van der Waals surface area contributed by atoms with E-state index >= 15 is 0 Å². The minimum absolute atomic E-state index is 0. The van der Waals surface area contributed by atoms with E-state index in [2.05, 4.69) is 0 Å². The summed E-state index contributed by atoms with van der Waals surface area (Å²) >= 11 is 0. The molecule has 1 fully saturated rings. The Morgan fingerprint density at radius 2 is 0.688 bits per heavy atom. The van der Waals surface area contributed by atoms with Crippen molar-refractivity contribution in [3.8, 4) is 0 Å². The van der Waals surface area contributed by atoms with Gasteiger partial charge in [0.1, 0.15) is 26.2 Å². The zero-order valence-electron chi connectivity index (χ0n) is 28.2. The monoisotopic (exact) mass is 804 g/mol. The van der Waals surface area contributed by atoms with Crippen molar-refractivity contribution < 1.29 is 153 Å². The van der Waals surface area contributed by atoms with Gasteiger partial charge in [-0.05, 0) is 41.5 Å². The van der Waals surface area contributed by atoms with Crippen LogP contribution in [-0.4, -0.2) is 164 Å². The molecular weight excluding hydrogens is 742 g/mol. The standard InChI is InChI=1S/C24H44N4O8.4ClH.8H2O/c1-17-11-23(3,4)27(15-21(33)34)10-8-26(14-20(31)32)18(2)12-24(5,6)28(16-22(35)36)9-7-25(17)13-19(29)30;;;;;;;;;;;;/h17-18H,7-16H2,1-6H3,(H,29,30)(H,31,32)(H,33,34)(H,35,36);4*1H;8*1H2/t17-,18+;;;;;;;;;;;;. The number of hydrogen-bond acceptors (Lipinski definition) is 4. The first kappa shape index (κ1) is 80.9. The minimum Gasteiger partial charge on any atom is -1.00 e. The molecule has 1 saturated heterocycles. The topological polar surface area (TPSA) is 419 Å². The second-order valence-electron chi connectivity index (χ2n) is 11.8. The third kappa shape index (κ3) is 28.4. The van der Waals surface area contributed by atoms with Crippen molar-refractivity contribution in [1.82, 2.24) is 0 Å². The fourth-order valence-corrected chi connectivity index (χ4v) is 5.83. The van der Waals surface area contributed by atoms with Crippen molar-refractivity contribution in [2.24, 2.45) is 0 Å². The Bertz CT molecular complexity index is 758. The van der Waals surface area contributed by atoms with Gasteiger partial charge in [-0.25, -0.2) is 19.2 Å². The number of rotatable bonds is 8. The van der Waals surface area contributed by atoms with E-state index in [0.717, 1.165) is 19.6 Å². The van der Waals surface area contributed by atoms with E-state index < -0.39 is 35.0 Å². The summed E-state index contributed by atoms with van der Waals surface area (Å²) in [7, 11) is 0. The van der Waals surface area contributed by atoms with Crippen LogP contribution in [0.3, 0.4) is 0 Å². The molecule has 0 radical (unpaired) electrons. The summed E-state index contributed by atoms with van der Waals surface area (Å²) in [5.74, 6) is -3.76. The maximum Gasteiger partial charge on any atom is 0.359 e. The molecule has 20 nitrogen and oxygen atoms in total. The zero-order chi connectivity index (χ0) is 27.8. The molecule has 48 heavy (non-hydrogen) atoms. The number of carboxylic acid groups (broad SMARTS) is 4. The van der Waals surface area contributed by atoms with Crippen molar-refractivity contribution in [2.45, 2.75) is 77.5 Å². The molecule has 1 rings (SSSR count). The number of halogens is 4. The smallest absolute Gasteiger partial charge is 0.359 e. The van der Waals surface area contributed by atoms with Gasteiger partial charge < -0.3 is 133 Å². The third-order valence-corrected chi connectivity index (χ3v) is 7.92. The largest absolute Gasteiger partial charge is 1.00 e. The van der Waals surface area contributed by atoms with Crippen LogP contribution in [0.5, 0.6) is 0 Å². The maximum absolute atomic E-state index is 11.7. The van der Waals surface area contributed by atoms with Gasteiger partial charge in [0, 0.05) is 0 Å². The average molecular weight is 807 g/mol. The minimum atomic E-state index is -0.941. The van der Waals surface area contributed by atoms with Gasteiger partial charge in [0.05, 0.1) is 36.0 Å². The van der Waals surface area contributed by atoms with Gasteiger partial charge in [0.25, 0.3) is 0 Å². The SMILES string of the molecule is C[C@@H]1CC(C)(C)[NH+](CC(=O)O)CC[NH+](CC(=O)O)[C@@H](C)CC(C)(C)[NH+](CC(=O)O)CC[NH+]1CC(=O)O.O.O.O.O.O.O.O.O.[Cl-].[Cl-].[Cl-].[Cl-]. The molecule has 1 heterocycles. The van der Waals surface area contributed by atoms with Gasteiger partial charge in [-0.2, -0.15) is 0 Å². The van der Waals surface area contributed by atoms with Crippen molar-refractivity contribution in [3.05, 3.63) is 0 Å². The highest BCUT2D eigenvalue weighted by Gasteiger charge is 2.42. The highest BCUT2D eigenvalue weighted by atomic mass is 35.5. The summed E-state index contributed by atoms with van der Waals surface area (Å²) in [5, 5.41) is 38.3. The number of nitrogens with one attached hydrogen (secondary N) is 4.